The second kappa shape index (κ2) is 4.65. The van der Waals surface area contributed by atoms with Gasteiger partial charge in [0, 0.05) is 6.42 Å². The van der Waals surface area contributed by atoms with Crippen LogP contribution >= 0.6 is 0 Å². The summed E-state index contributed by atoms with van der Waals surface area (Å²) in [4.78, 5) is 10.5. The van der Waals surface area contributed by atoms with Crippen LogP contribution in [-0.4, -0.2) is 29.3 Å². The van der Waals surface area contributed by atoms with Crippen molar-refractivity contribution in [3.63, 3.8) is 0 Å². The zero-order valence-electron chi connectivity index (χ0n) is 8.30. The van der Waals surface area contributed by atoms with Crippen LogP contribution in [0, 0.1) is 0 Å². The number of hydrogen-bond acceptors (Lipinski definition) is 4. The highest BCUT2D eigenvalue weighted by Gasteiger charge is 2.16. The van der Waals surface area contributed by atoms with Gasteiger partial charge in [0.1, 0.15) is 6.04 Å². The van der Waals surface area contributed by atoms with E-state index in [1.165, 1.54) is 7.11 Å². The standard InChI is InChI=1S/C10H13NO4/c1-15-8-4-2-3-6(9(8)12)5-7(11)10(13)14/h2-4,7,12H,5,11H2,1H3,(H,13,14)/t7-/m0/s1. The molecule has 0 aromatic heterocycles. The summed E-state index contributed by atoms with van der Waals surface area (Å²) in [6.07, 6.45) is 0.0678. The minimum absolute atomic E-state index is 0.0586. The lowest BCUT2D eigenvalue weighted by Gasteiger charge is -2.10. The molecule has 0 bridgehead atoms. The monoisotopic (exact) mass is 211 g/mol. The Hall–Kier alpha value is -1.75. The highest BCUT2D eigenvalue weighted by molar-refractivity contribution is 5.73. The molecule has 0 aliphatic carbocycles. The molecule has 5 nitrogen and oxygen atoms in total. The number of phenolic OH excluding ortho intramolecular Hbond substituents is 1. The van der Waals surface area contributed by atoms with Gasteiger partial charge in [0.15, 0.2) is 11.5 Å². The number of methoxy groups -OCH3 is 1. The maximum absolute atomic E-state index is 10.5. The first kappa shape index (κ1) is 11.3. The fourth-order valence-electron chi connectivity index (χ4n) is 1.22. The number of carbonyl (C=O) groups is 1. The van der Waals surface area contributed by atoms with Gasteiger partial charge in [-0.05, 0) is 11.6 Å². The van der Waals surface area contributed by atoms with Gasteiger partial charge < -0.3 is 20.7 Å². The summed E-state index contributed by atoms with van der Waals surface area (Å²) in [5.41, 5.74) is 5.82. The van der Waals surface area contributed by atoms with Crippen LogP contribution in [0.2, 0.25) is 0 Å². The second-order valence-electron chi connectivity index (χ2n) is 3.12. The number of nitrogens with two attached hydrogens (primary N) is 1. The van der Waals surface area contributed by atoms with Crippen molar-refractivity contribution in [3.8, 4) is 11.5 Å². The van der Waals surface area contributed by atoms with Gasteiger partial charge >= 0.3 is 5.97 Å². The highest BCUT2D eigenvalue weighted by Crippen LogP contribution is 2.29. The van der Waals surface area contributed by atoms with E-state index in [0.717, 1.165) is 0 Å². The third-order valence-electron chi connectivity index (χ3n) is 2.06. The molecule has 0 saturated carbocycles. The molecule has 0 saturated heterocycles. The van der Waals surface area contributed by atoms with E-state index in [1.54, 1.807) is 18.2 Å². The van der Waals surface area contributed by atoms with E-state index < -0.39 is 12.0 Å². The fourth-order valence-corrected chi connectivity index (χ4v) is 1.22. The minimum atomic E-state index is -1.10. The van der Waals surface area contributed by atoms with Crippen LogP contribution in [0.1, 0.15) is 5.56 Å². The van der Waals surface area contributed by atoms with Crippen LogP contribution < -0.4 is 10.5 Å². The molecule has 1 aromatic rings. The topological polar surface area (TPSA) is 92.8 Å². The summed E-state index contributed by atoms with van der Waals surface area (Å²) >= 11 is 0. The third-order valence-corrected chi connectivity index (χ3v) is 2.06. The predicted octanol–water partition coefficient (Wildman–Crippen LogP) is 0.355. The van der Waals surface area contributed by atoms with Gasteiger partial charge in [0.05, 0.1) is 7.11 Å². The molecule has 0 aliphatic heterocycles. The number of aromatic hydroxyl groups is 1. The van der Waals surface area contributed by atoms with E-state index in [9.17, 15) is 9.90 Å². The van der Waals surface area contributed by atoms with Crippen molar-refractivity contribution in [2.75, 3.05) is 7.11 Å². The van der Waals surface area contributed by atoms with Crippen molar-refractivity contribution >= 4 is 5.97 Å². The number of ether oxygens (including phenoxy) is 1. The van der Waals surface area contributed by atoms with E-state index in [-0.39, 0.29) is 12.2 Å². The van der Waals surface area contributed by atoms with Crippen LogP contribution in [0.5, 0.6) is 11.5 Å². The molecule has 0 fully saturated rings. The Kier molecular flexibility index (Phi) is 3.51. The molecule has 82 valence electrons. The molecule has 15 heavy (non-hydrogen) atoms. The Labute approximate surface area is 87.1 Å². The van der Waals surface area contributed by atoms with E-state index in [2.05, 4.69) is 0 Å². The molecule has 5 heteroatoms. The van der Waals surface area contributed by atoms with Crippen molar-refractivity contribution in [2.45, 2.75) is 12.5 Å². The highest BCUT2D eigenvalue weighted by atomic mass is 16.5. The normalized spacial score (nSPS) is 12.1. The number of rotatable bonds is 4. The van der Waals surface area contributed by atoms with Crippen LogP contribution in [0.25, 0.3) is 0 Å². The smallest absolute Gasteiger partial charge is 0.320 e. The number of phenols is 1. The molecule has 1 atom stereocenters. The first-order valence-corrected chi connectivity index (χ1v) is 4.39. The van der Waals surface area contributed by atoms with E-state index >= 15 is 0 Å². The Morgan fingerprint density at radius 2 is 2.27 bits per heavy atom. The summed E-state index contributed by atoms with van der Waals surface area (Å²) in [5.74, 6) is -0.848. The summed E-state index contributed by atoms with van der Waals surface area (Å²) in [6.45, 7) is 0. The predicted molar refractivity (Wildman–Crippen MR) is 54.0 cm³/mol. The molecule has 0 amide bonds. The average Bonchev–Trinajstić information content (AvgIpc) is 2.21. The number of para-hydroxylation sites is 1. The molecule has 4 N–H and O–H groups in total. The van der Waals surface area contributed by atoms with Crippen LogP contribution in [-0.2, 0) is 11.2 Å². The van der Waals surface area contributed by atoms with Crippen molar-refractivity contribution in [2.24, 2.45) is 5.73 Å². The quantitative estimate of drug-likeness (QED) is 0.668. The lowest BCUT2D eigenvalue weighted by Crippen LogP contribution is -2.32. The summed E-state index contributed by atoms with van der Waals surface area (Å²) in [7, 11) is 1.43. The molecular weight excluding hydrogens is 198 g/mol. The van der Waals surface area contributed by atoms with Gasteiger partial charge in [-0.1, -0.05) is 12.1 Å². The first-order chi connectivity index (χ1) is 7.06. The average molecular weight is 211 g/mol. The molecule has 0 aliphatic rings. The Morgan fingerprint density at radius 3 is 2.80 bits per heavy atom. The van der Waals surface area contributed by atoms with E-state index in [4.69, 9.17) is 15.6 Å². The van der Waals surface area contributed by atoms with Crippen molar-refractivity contribution < 1.29 is 19.7 Å². The maximum atomic E-state index is 10.5. The molecule has 0 spiro atoms. The Bertz CT molecular complexity index is 364. The molecule has 0 unspecified atom stereocenters. The Morgan fingerprint density at radius 1 is 1.60 bits per heavy atom. The zero-order chi connectivity index (χ0) is 11.4. The van der Waals surface area contributed by atoms with Gasteiger partial charge in [-0.25, -0.2) is 0 Å². The van der Waals surface area contributed by atoms with Gasteiger partial charge in [0.25, 0.3) is 0 Å². The molecule has 1 aromatic carbocycles. The number of carboxylic acid groups (broad SMARTS) is 1. The molecule has 0 heterocycles. The fraction of sp³-hybridized carbons (Fsp3) is 0.300. The van der Waals surface area contributed by atoms with Crippen molar-refractivity contribution in [1.29, 1.82) is 0 Å². The van der Waals surface area contributed by atoms with Crippen LogP contribution in [0.3, 0.4) is 0 Å². The summed E-state index contributed by atoms with van der Waals surface area (Å²) in [5, 5.41) is 18.3. The van der Waals surface area contributed by atoms with Gasteiger partial charge in [-0.2, -0.15) is 0 Å². The van der Waals surface area contributed by atoms with E-state index in [1.807, 2.05) is 0 Å². The zero-order valence-corrected chi connectivity index (χ0v) is 8.30. The lowest BCUT2D eigenvalue weighted by molar-refractivity contribution is -0.138. The minimum Gasteiger partial charge on any atom is -0.504 e. The second-order valence-corrected chi connectivity index (χ2v) is 3.12. The maximum Gasteiger partial charge on any atom is 0.320 e. The Balaban J connectivity index is 2.90. The first-order valence-electron chi connectivity index (χ1n) is 4.39. The van der Waals surface area contributed by atoms with Crippen LogP contribution in [0.4, 0.5) is 0 Å². The lowest BCUT2D eigenvalue weighted by atomic mass is 10.1. The number of carboxylic acids is 1. The van der Waals surface area contributed by atoms with Gasteiger partial charge in [-0.3, -0.25) is 4.79 Å². The van der Waals surface area contributed by atoms with E-state index in [0.29, 0.717) is 11.3 Å². The summed E-state index contributed by atoms with van der Waals surface area (Å²) < 4.78 is 4.89. The van der Waals surface area contributed by atoms with Crippen molar-refractivity contribution in [1.82, 2.24) is 0 Å². The largest absolute Gasteiger partial charge is 0.504 e. The van der Waals surface area contributed by atoms with Crippen molar-refractivity contribution in [3.05, 3.63) is 23.8 Å². The molecule has 0 radical (unpaired) electrons. The number of benzene rings is 1. The third kappa shape index (κ3) is 2.60. The number of aliphatic carboxylic acids is 1. The van der Waals surface area contributed by atoms with Crippen LogP contribution in [0.15, 0.2) is 18.2 Å². The molecule has 1 rings (SSSR count). The van der Waals surface area contributed by atoms with Gasteiger partial charge in [-0.15, -0.1) is 0 Å². The summed E-state index contributed by atoms with van der Waals surface area (Å²) in [6, 6.07) is 3.84. The SMILES string of the molecule is COc1cccc(C[C@H](N)C(=O)O)c1O. The van der Waals surface area contributed by atoms with Gasteiger partial charge in [0.2, 0.25) is 0 Å². The molecular formula is C10H13NO4. The number of hydrogen-bond donors (Lipinski definition) is 3.